The average Bonchev–Trinajstić information content (AvgIpc) is 2.37. The third kappa shape index (κ3) is 3.67. The second-order valence-corrected chi connectivity index (χ2v) is 5.97. The van der Waals surface area contributed by atoms with Crippen LogP contribution in [0.15, 0.2) is 22.7 Å². The molecule has 0 spiro atoms. The zero-order valence-corrected chi connectivity index (χ0v) is 12.1. The largest absolute Gasteiger partial charge is 0.388 e. The van der Waals surface area contributed by atoms with Gasteiger partial charge in [0.2, 0.25) is 0 Å². The van der Waals surface area contributed by atoms with E-state index in [0.717, 1.165) is 36.6 Å². The molecule has 6 heteroatoms. The molecule has 0 aliphatic heterocycles. The predicted molar refractivity (Wildman–Crippen MR) is 77.3 cm³/mol. The third-order valence-corrected chi connectivity index (χ3v) is 4.04. The molecule has 0 saturated heterocycles. The van der Waals surface area contributed by atoms with Gasteiger partial charge in [0.25, 0.3) is 5.69 Å². The van der Waals surface area contributed by atoms with Gasteiger partial charge >= 0.3 is 0 Å². The first-order valence-electron chi connectivity index (χ1n) is 6.40. The molecule has 0 atom stereocenters. The van der Waals surface area contributed by atoms with E-state index in [4.69, 9.17) is 0 Å². The highest BCUT2D eigenvalue weighted by Gasteiger charge is 2.29. The third-order valence-electron chi connectivity index (χ3n) is 3.55. The first-order valence-corrected chi connectivity index (χ1v) is 7.20. The Hall–Kier alpha value is -1.14. The summed E-state index contributed by atoms with van der Waals surface area (Å²) in [7, 11) is 0. The topological polar surface area (TPSA) is 75.4 Å². The van der Waals surface area contributed by atoms with Crippen LogP contribution in [0.5, 0.6) is 0 Å². The van der Waals surface area contributed by atoms with E-state index in [9.17, 15) is 15.2 Å². The number of nitro groups is 1. The van der Waals surface area contributed by atoms with Gasteiger partial charge in [-0.05, 0) is 25.0 Å². The molecule has 0 unspecified atom stereocenters. The summed E-state index contributed by atoms with van der Waals surface area (Å²) in [6.07, 6.45) is 4.68. The van der Waals surface area contributed by atoms with Crippen molar-refractivity contribution < 1.29 is 10.0 Å². The minimum absolute atomic E-state index is 0.0302. The van der Waals surface area contributed by atoms with Crippen LogP contribution in [-0.2, 0) is 0 Å². The number of halogens is 1. The first-order chi connectivity index (χ1) is 9.00. The summed E-state index contributed by atoms with van der Waals surface area (Å²) in [6, 6.07) is 4.76. The maximum absolute atomic E-state index is 11.0. The van der Waals surface area contributed by atoms with Crippen LogP contribution < -0.4 is 5.32 Å². The number of nitrogens with zero attached hydrogens (tertiary/aromatic N) is 1. The molecule has 19 heavy (non-hydrogen) atoms. The fourth-order valence-electron chi connectivity index (χ4n) is 2.46. The van der Waals surface area contributed by atoms with E-state index < -0.39 is 10.5 Å². The Morgan fingerprint density at radius 2 is 2.05 bits per heavy atom. The number of hydrogen-bond donors (Lipinski definition) is 2. The summed E-state index contributed by atoms with van der Waals surface area (Å²) in [6.45, 7) is 0.351. The molecular formula is C13H17BrN2O3. The van der Waals surface area contributed by atoms with Crippen molar-refractivity contribution in [2.75, 3.05) is 11.9 Å². The number of benzene rings is 1. The van der Waals surface area contributed by atoms with Crippen LogP contribution in [0.2, 0.25) is 0 Å². The van der Waals surface area contributed by atoms with Crippen LogP contribution in [0.3, 0.4) is 0 Å². The fraction of sp³-hybridized carbons (Fsp3) is 0.538. The lowest BCUT2D eigenvalue weighted by molar-refractivity contribution is -0.384. The molecule has 2 N–H and O–H groups in total. The Morgan fingerprint density at radius 1 is 1.37 bits per heavy atom. The zero-order chi connectivity index (χ0) is 13.9. The molecule has 1 aliphatic carbocycles. The Bertz CT molecular complexity index is 473. The smallest absolute Gasteiger partial charge is 0.292 e. The lowest BCUT2D eigenvalue weighted by Crippen LogP contribution is -2.38. The van der Waals surface area contributed by atoms with Gasteiger partial charge in [-0.1, -0.05) is 35.2 Å². The van der Waals surface area contributed by atoms with Crippen molar-refractivity contribution in [1.82, 2.24) is 0 Å². The predicted octanol–water partition coefficient (Wildman–Crippen LogP) is 3.46. The molecule has 0 aromatic heterocycles. The quantitative estimate of drug-likeness (QED) is 0.655. The Balaban J connectivity index is 2.10. The van der Waals surface area contributed by atoms with E-state index >= 15 is 0 Å². The van der Waals surface area contributed by atoms with Crippen LogP contribution in [0.1, 0.15) is 32.1 Å². The molecule has 0 heterocycles. The number of nitro benzene ring substituents is 1. The van der Waals surface area contributed by atoms with Crippen molar-refractivity contribution in [3.05, 3.63) is 32.8 Å². The summed E-state index contributed by atoms with van der Waals surface area (Å²) in [4.78, 5) is 10.5. The normalized spacial score (nSPS) is 18.0. The highest BCUT2D eigenvalue weighted by atomic mass is 79.9. The molecule has 1 fully saturated rings. The number of rotatable bonds is 4. The zero-order valence-electron chi connectivity index (χ0n) is 10.6. The van der Waals surface area contributed by atoms with Gasteiger partial charge in [0.05, 0.1) is 10.5 Å². The Morgan fingerprint density at radius 3 is 2.68 bits per heavy atom. The number of nitrogens with one attached hydrogen (secondary N) is 1. The molecule has 2 rings (SSSR count). The van der Waals surface area contributed by atoms with Crippen molar-refractivity contribution in [2.45, 2.75) is 37.7 Å². The van der Waals surface area contributed by atoms with Crippen LogP contribution in [0.25, 0.3) is 0 Å². The van der Waals surface area contributed by atoms with Gasteiger partial charge < -0.3 is 10.4 Å². The van der Waals surface area contributed by atoms with Gasteiger partial charge in [-0.25, -0.2) is 0 Å². The second-order valence-electron chi connectivity index (χ2n) is 5.06. The summed E-state index contributed by atoms with van der Waals surface area (Å²) < 4.78 is 0.774. The molecule has 0 radical (unpaired) electrons. The molecule has 1 aromatic rings. The molecule has 5 nitrogen and oxygen atoms in total. The van der Waals surface area contributed by atoms with E-state index in [-0.39, 0.29) is 5.69 Å². The van der Waals surface area contributed by atoms with Crippen LogP contribution >= 0.6 is 15.9 Å². The number of hydrogen-bond acceptors (Lipinski definition) is 4. The molecule has 0 amide bonds. The minimum Gasteiger partial charge on any atom is -0.388 e. The standard InChI is InChI=1S/C13H17BrN2O3/c14-10-4-5-12(16(18)19)11(8-10)15-9-13(17)6-2-1-3-7-13/h4-5,8,15,17H,1-3,6-7,9H2. The van der Waals surface area contributed by atoms with Crippen LogP contribution in [0.4, 0.5) is 11.4 Å². The van der Waals surface area contributed by atoms with Gasteiger partial charge in [-0.3, -0.25) is 10.1 Å². The lowest BCUT2D eigenvalue weighted by Gasteiger charge is -2.32. The summed E-state index contributed by atoms with van der Waals surface area (Å²) in [5, 5.41) is 24.4. The lowest BCUT2D eigenvalue weighted by atomic mass is 9.85. The van der Waals surface area contributed by atoms with Crippen LogP contribution in [-0.4, -0.2) is 22.2 Å². The highest BCUT2D eigenvalue weighted by Crippen LogP contribution is 2.31. The number of anilines is 1. The summed E-state index contributed by atoms with van der Waals surface area (Å²) in [5.74, 6) is 0. The van der Waals surface area contributed by atoms with Crippen LogP contribution in [0, 0.1) is 10.1 Å². The SMILES string of the molecule is O=[N+]([O-])c1ccc(Br)cc1NCC1(O)CCCCC1. The monoisotopic (exact) mass is 328 g/mol. The molecule has 0 bridgehead atoms. The van der Waals surface area contributed by atoms with Crippen molar-refractivity contribution in [1.29, 1.82) is 0 Å². The molecular weight excluding hydrogens is 312 g/mol. The van der Waals surface area contributed by atoms with Crippen molar-refractivity contribution >= 4 is 27.3 Å². The molecule has 1 saturated carbocycles. The molecule has 1 aliphatic rings. The first kappa shape index (κ1) is 14.3. The summed E-state index contributed by atoms with van der Waals surface area (Å²) in [5.41, 5.74) is -0.268. The van der Waals surface area contributed by atoms with Crippen molar-refractivity contribution in [3.63, 3.8) is 0 Å². The van der Waals surface area contributed by atoms with Gasteiger partial charge in [-0.2, -0.15) is 0 Å². The van der Waals surface area contributed by atoms with E-state index in [1.165, 1.54) is 6.07 Å². The van der Waals surface area contributed by atoms with E-state index in [1.54, 1.807) is 12.1 Å². The van der Waals surface area contributed by atoms with Gasteiger partial charge in [0, 0.05) is 17.1 Å². The summed E-state index contributed by atoms with van der Waals surface area (Å²) >= 11 is 3.30. The highest BCUT2D eigenvalue weighted by molar-refractivity contribution is 9.10. The Labute approximate surface area is 120 Å². The Kier molecular flexibility index (Phi) is 4.42. The van der Waals surface area contributed by atoms with E-state index in [0.29, 0.717) is 12.2 Å². The average molecular weight is 329 g/mol. The van der Waals surface area contributed by atoms with Crippen molar-refractivity contribution in [3.8, 4) is 0 Å². The van der Waals surface area contributed by atoms with Gasteiger partial charge in [-0.15, -0.1) is 0 Å². The van der Waals surface area contributed by atoms with Crippen molar-refractivity contribution in [2.24, 2.45) is 0 Å². The van der Waals surface area contributed by atoms with Gasteiger partial charge in [0.1, 0.15) is 5.69 Å². The molecule has 104 valence electrons. The fourth-order valence-corrected chi connectivity index (χ4v) is 2.82. The van der Waals surface area contributed by atoms with E-state index in [1.807, 2.05) is 0 Å². The maximum atomic E-state index is 11.0. The molecule has 1 aromatic carbocycles. The minimum atomic E-state index is -0.742. The van der Waals surface area contributed by atoms with Gasteiger partial charge in [0.15, 0.2) is 0 Å². The maximum Gasteiger partial charge on any atom is 0.292 e. The van der Waals surface area contributed by atoms with E-state index in [2.05, 4.69) is 21.2 Å². The second kappa shape index (κ2) is 5.88. The number of aliphatic hydroxyl groups is 1.